The molecule has 4 heteroatoms. The SMILES string of the molecule is O=C1NC(c2ccccc2)NC2CN(Cc3ccccc3)CCC12. The molecule has 2 aromatic carbocycles. The molecule has 124 valence electrons. The maximum absolute atomic E-state index is 12.5. The molecule has 2 aromatic rings. The van der Waals surface area contributed by atoms with Gasteiger partial charge in [0, 0.05) is 19.1 Å². The summed E-state index contributed by atoms with van der Waals surface area (Å²) in [6.45, 7) is 2.83. The van der Waals surface area contributed by atoms with Gasteiger partial charge in [0.25, 0.3) is 0 Å². The molecule has 3 unspecified atom stereocenters. The first kappa shape index (κ1) is 15.4. The molecule has 2 heterocycles. The van der Waals surface area contributed by atoms with E-state index < -0.39 is 0 Å². The van der Waals surface area contributed by atoms with Crippen LogP contribution in [0, 0.1) is 5.92 Å². The van der Waals surface area contributed by atoms with Crippen LogP contribution in [0.15, 0.2) is 60.7 Å². The smallest absolute Gasteiger partial charge is 0.226 e. The Labute approximate surface area is 142 Å². The minimum absolute atomic E-state index is 0.0805. The minimum Gasteiger partial charge on any atom is -0.336 e. The van der Waals surface area contributed by atoms with Crippen LogP contribution in [0.2, 0.25) is 0 Å². The van der Waals surface area contributed by atoms with E-state index >= 15 is 0 Å². The fraction of sp³-hybridized carbons (Fsp3) is 0.350. The molecule has 4 nitrogen and oxygen atoms in total. The van der Waals surface area contributed by atoms with Gasteiger partial charge in [-0.1, -0.05) is 60.7 Å². The van der Waals surface area contributed by atoms with Crippen molar-refractivity contribution < 1.29 is 4.79 Å². The summed E-state index contributed by atoms with van der Waals surface area (Å²) in [7, 11) is 0. The Morgan fingerprint density at radius 3 is 2.46 bits per heavy atom. The van der Waals surface area contributed by atoms with Gasteiger partial charge in [0.2, 0.25) is 5.91 Å². The number of rotatable bonds is 3. The second kappa shape index (κ2) is 6.75. The zero-order chi connectivity index (χ0) is 16.4. The van der Waals surface area contributed by atoms with Crippen molar-refractivity contribution in [3.05, 3.63) is 71.8 Å². The van der Waals surface area contributed by atoms with Gasteiger partial charge in [-0.3, -0.25) is 15.0 Å². The molecular weight excluding hydrogens is 298 g/mol. The highest BCUT2D eigenvalue weighted by atomic mass is 16.2. The van der Waals surface area contributed by atoms with E-state index in [1.807, 2.05) is 24.3 Å². The van der Waals surface area contributed by atoms with Crippen molar-refractivity contribution in [3.8, 4) is 0 Å². The Bertz CT molecular complexity index is 689. The largest absolute Gasteiger partial charge is 0.336 e. The van der Waals surface area contributed by atoms with Crippen molar-refractivity contribution in [2.75, 3.05) is 13.1 Å². The Kier molecular flexibility index (Phi) is 4.32. The molecule has 2 saturated heterocycles. The summed E-state index contributed by atoms with van der Waals surface area (Å²) in [5, 5.41) is 6.77. The quantitative estimate of drug-likeness (QED) is 0.912. The zero-order valence-electron chi connectivity index (χ0n) is 13.7. The Balaban J connectivity index is 1.45. The lowest BCUT2D eigenvalue weighted by Gasteiger charge is -2.44. The van der Waals surface area contributed by atoms with Crippen LogP contribution in [0.3, 0.4) is 0 Å². The number of fused-ring (bicyclic) bond motifs is 1. The van der Waals surface area contributed by atoms with Crippen LogP contribution in [0.1, 0.15) is 23.7 Å². The Morgan fingerprint density at radius 1 is 1.00 bits per heavy atom. The lowest BCUT2D eigenvalue weighted by molar-refractivity contribution is -0.131. The number of nitrogens with one attached hydrogen (secondary N) is 2. The third-order valence-electron chi connectivity index (χ3n) is 5.08. The maximum Gasteiger partial charge on any atom is 0.226 e. The number of benzene rings is 2. The molecule has 4 rings (SSSR count). The summed E-state index contributed by atoms with van der Waals surface area (Å²) >= 11 is 0. The van der Waals surface area contributed by atoms with Gasteiger partial charge in [-0.25, -0.2) is 0 Å². The van der Waals surface area contributed by atoms with E-state index in [2.05, 4.69) is 51.9 Å². The van der Waals surface area contributed by atoms with Crippen molar-refractivity contribution in [2.24, 2.45) is 5.92 Å². The number of piperidine rings is 1. The first-order valence-corrected chi connectivity index (χ1v) is 8.67. The van der Waals surface area contributed by atoms with Crippen LogP contribution in [0.4, 0.5) is 0 Å². The third-order valence-corrected chi connectivity index (χ3v) is 5.08. The standard InChI is InChI=1S/C20H23N3O/c24-20-17-11-12-23(13-15-7-3-1-4-8-15)14-18(17)21-19(22-20)16-9-5-2-6-10-16/h1-10,17-19,21H,11-14H2,(H,22,24). The number of carbonyl (C=O) groups excluding carboxylic acids is 1. The van der Waals surface area contributed by atoms with Gasteiger partial charge in [-0.15, -0.1) is 0 Å². The fourth-order valence-corrected chi connectivity index (χ4v) is 3.82. The van der Waals surface area contributed by atoms with Crippen molar-refractivity contribution in [1.82, 2.24) is 15.5 Å². The number of carbonyl (C=O) groups is 1. The lowest BCUT2D eigenvalue weighted by Crippen LogP contribution is -2.62. The molecule has 2 N–H and O–H groups in total. The summed E-state index contributed by atoms with van der Waals surface area (Å²) < 4.78 is 0. The van der Waals surface area contributed by atoms with Gasteiger partial charge >= 0.3 is 0 Å². The second-order valence-corrected chi connectivity index (χ2v) is 6.74. The van der Waals surface area contributed by atoms with E-state index in [4.69, 9.17) is 0 Å². The fourth-order valence-electron chi connectivity index (χ4n) is 3.82. The average Bonchev–Trinajstić information content (AvgIpc) is 2.63. The molecule has 0 saturated carbocycles. The number of hydrogen-bond donors (Lipinski definition) is 2. The molecule has 0 aromatic heterocycles. The van der Waals surface area contributed by atoms with Crippen LogP contribution in [-0.4, -0.2) is 29.9 Å². The first-order valence-electron chi connectivity index (χ1n) is 8.67. The number of amides is 1. The van der Waals surface area contributed by atoms with E-state index in [1.165, 1.54) is 5.56 Å². The van der Waals surface area contributed by atoms with Crippen LogP contribution in [-0.2, 0) is 11.3 Å². The zero-order valence-corrected chi connectivity index (χ0v) is 13.7. The van der Waals surface area contributed by atoms with Gasteiger partial charge in [-0.05, 0) is 24.1 Å². The lowest BCUT2D eigenvalue weighted by atomic mass is 9.87. The summed E-state index contributed by atoms with van der Waals surface area (Å²) in [6.07, 6.45) is 0.828. The minimum atomic E-state index is -0.0865. The van der Waals surface area contributed by atoms with Crippen molar-refractivity contribution in [2.45, 2.75) is 25.2 Å². The third kappa shape index (κ3) is 3.21. The predicted molar refractivity (Wildman–Crippen MR) is 94.1 cm³/mol. The second-order valence-electron chi connectivity index (χ2n) is 6.74. The average molecular weight is 321 g/mol. The highest BCUT2D eigenvalue weighted by Gasteiger charge is 2.39. The van der Waals surface area contributed by atoms with Crippen LogP contribution in [0.25, 0.3) is 0 Å². The van der Waals surface area contributed by atoms with Crippen molar-refractivity contribution in [3.63, 3.8) is 0 Å². The van der Waals surface area contributed by atoms with Gasteiger partial charge in [-0.2, -0.15) is 0 Å². The van der Waals surface area contributed by atoms with Gasteiger partial charge < -0.3 is 5.32 Å². The molecular formula is C20H23N3O. The topological polar surface area (TPSA) is 44.4 Å². The number of nitrogens with zero attached hydrogens (tertiary/aromatic N) is 1. The van der Waals surface area contributed by atoms with E-state index in [9.17, 15) is 4.79 Å². The molecule has 1 amide bonds. The summed E-state index contributed by atoms with van der Waals surface area (Å²) in [4.78, 5) is 15.0. The van der Waals surface area contributed by atoms with Crippen LogP contribution < -0.4 is 10.6 Å². The highest BCUT2D eigenvalue weighted by molar-refractivity contribution is 5.81. The summed E-state index contributed by atoms with van der Waals surface area (Å²) in [6, 6.07) is 20.9. The molecule has 0 spiro atoms. The molecule has 0 aliphatic carbocycles. The van der Waals surface area contributed by atoms with Gasteiger partial charge in [0.15, 0.2) is 0 Å². The number of hydrogen-bond acceptors (Lipinski definition) is 3. The van der Waals surface area contributed by atoms with E-state index in [1.54, 1.807) is 0 Å². The number of likely N-dealkylation sites (tertiary alicyclic amines) is 1. The van der Waals surface area contributed by atoms with Gasteiger partial charge in [0.1, 0.15) is 6.17 Å². The highest BCUT2D eigenvalue weighted by Crippen LogP contribution is 2.26. The predicted octanol–water partition coefficient (Wildman–Crippen LogP) is 2.30. The van der Waals surface area contributed by atoms with Gasteiger partial charge in [0.05, 0.1) is 5.92 Å². The van der Waals surface area contributed by atoms with E-state index in [-0.39, 0.29) is 24.0 Å². The maximum atomic E-state index is 12.5. The first-order chi connectivity index (χ1) is 11.8. The molecule has 0 bridgehead atoms. The summed E-state index contributed by atoms with van der Waals surface area (Å²) in [5.74, 6) is 0.268. The van der Waals surface area contributed by atoms with Crippen molar-refractivity contribution >= 4 is 5.91 Å². The molecule has 0 radical (unpaired) electrons. The molecule has 3 atom stereocenters. The van der Waals surface area contributed by atoms with Crippen molar-refractivity contribution in [1.29, 1.82) is 0 Å². The van der Waals surface area contributed by atoms with E-state index in [0.717, 1.165) is 31.6 Å². The van der Waals surface area contributed by atoms with Crippen LogP contribution >= 0.6 is 0 Å². The Hall–Kier alpha value is -2.17. The molecule has 2 fully saturated rings. The molecule has 2 aliphatic rings. The van der Waals surface area contributed by atoms with E-state index in [0.29, 0.717) is 0 Å². The Morgan fingerprint density at radius 2 is 1.71 bits per heavy atom. The molecule has 24 heavy (non-hydrogen) atoms. The summed E-state index contributed by atoms with van der Waals surface area (Å²) in [5.41, 5.74) is 2.44. The van der Waals surface area contributed by atoms with Crippen LogP contribution in [0.5, 0.6) is 0 Å². The monoisotopic (exact) mass is 321 g/mol. The molecule has 2 aliphatic heterocycles. The normalized spacial score (nSPS) is 27.3.